The number of rotatable bonds is 1. The van der Waals surface area contributed by atoms with Gasteiger partial charge in [-0.2, -0.15) is 0 Å². The number of Topliss-reactive ketones (excluding diaryl/α,β-unsaturated/α-hetero) is 1. The number of aliphatic hydroxyl groups excluding tert-OH is 1. The van der Waals surface area contributed by atoms with Crippen molar-refractivity contribution in [2.24, 2.45) is 10.8 Å². The number of halogens is 1. The average molecular weight is 514 g/mol. The molecule has 3 fully saturated rings. The summed E-state index contributed by atoms with van der Waals surface area (Å²) in [5.74, 6) is -0.0947. The summed E-state index contributed by atoms with van der Waals surface area (Å²) >= 11 is -1.66. The van der Waals surface area contributed by atoms with Gasteiger partial charge in [0.25, 0.3) is 0 Å². The van der Waals surface area contributed by atoms with Gasteiger partial charge in [-0.25, -0.2) is 0 Å². The third-order valence-corrected chi connectivity index (χ3v) is 16.9. The average Bonchev–Trinajstić information content (AvgIpc) is 2.97. The Kier molecular flexibility index (Phi) is 7.24. The summed E-state index contributed by atoms with van der Waals surface area (Å²) < 4.78 is 1.67. The minimum absolute atomic E-state index is 0.0525. The Bertz CT molecular complexity index is 753. The fourth-order valence-corrected chi connectivity index (χ4v) is 16.7. The van der Waals surface area contributed by atoms with E-state index in [4.69, 9.17) is 0 Å². The molecule has 2 saturated heterocycles. The Morgan fingerprint density at radius 2 is 1.90 bits per heavy atom. The van der Waals surface area contributed by atoms with Crippen molar-refractivity contribution in [3.8, 4) is 12.8 Å². The number of aliphatic hydroxyl groups is 2. The molecule has 2 heterocycles. The molecule has 2 aliphatic heterocycles. The summed E-state index contributed by atoms with van der Waals surface area (Å²) in [5.41, 5.74) is -0.836. The summed E-state index contributed by atoms with van der Waals surface area (Å²) in [5, 5.41) is 22.3. The molecule has 0 bridgehead atoms. The third kappa shape index (κ3) is 3.45. The van der Waals surface area contributed by atoms with Gasteiger partial charge in [0, 0.05) is 0 Å². The molecule has 0 amide bonds. The van der Waals surface area contributed by atoms with Crippen LogP contribution in [0.5, 0.6) is 0 Å². The van der Waals surface area contributed by atoms with Crippen molar-refractivity contribution in [3.63, 3.8) is 0 Å². The van der Waals surface area contributed by atoms with Gasteiger partial charge in [0.15, 0.2) is 0 Å². The van der Waals surface area contributed by atoms with Gasteiger partial charge in [0.1, 0.15) is 0 Å². The molecule has 2 N–H and O–H groups in total. The van der Waals surface area contributed by atoms with E-state index >= 15 is 0 Å². The molecule has 0 aromatic rings. The predicted octanol–water partition coefficient (Wildman–Crippen LogP) is 3.87. The number of carbonyl (C=O) groups is 2. The molecule has 5 heteroatoms. The van der Waals surface area contributed by atoms with Gasteiger partial charge in [-0.3, -0.25) is 0 Å². The van der Waals surface area contributed by atoms with Crippen LogP contribution in [0.15, 0.2) is 23.8 Å². The van der Waals surface area contributed by atoms with E-state index < -0.39 is 36.9 Å². The zero-order valence-electron chi connectivity index (χ0n) is 18.2. The quantitative estimate of drug-likeness (QED) is 0.317. The van der Waals surface area contributed by atoms with E-state index in [-0.39, 0.29) is 20.9 Å². The van der Waals surface area contributed by atoms with Gasteiger partial charge >= 0.3 is 156 Å². The minimum atomic E-state index is -1.66. The molecule has 0 aromatic heterocycles. The van der Waals surface area contributed by atoms with Crippen LogP contribution in [-0.4, -0.2) is 45.8 Å². The molecule has 0 radical (unpaired) electrons. The van der Waals surface area contributed by atoms with Gasteiger partial charge in [-0.1, -0.05) is 13.8 Å². The number of hydrogen-bond acceptors (Lipinski definition) is 4. The van der Waals surface area contributed by atoms with E-state index in [9.17, 15) is 19.8 Å². The first-order valence-electron chi connectivity index (χ1n) is 10.5. The fraction of sp³-hybridized carbons (Fsp3) is 0.667. The van der Waals surface area contributed by atoms with E-state index in [2.05, 4.69) is 19.8 Å². The standard InChI is InChI=1S/C20H27IO4.C2H6.C2H2/c1-12(22)20(25)8-5-16-19(20,3)11-15(24)17-18(2)7-4-14(23)10-13(18)6-9-21(16)17;2*1-2/h4,7,10,15-17,24-25H,5-6,8-9,11H2,1-3H3;1-2H3;1-2H/t15?,16?,17?,18?,19?,20-;;/m0../s1. The van der Waals surface area contributed by atoms with E-state index in [1.54, 1.807) is 12.2 Å². The Morgan fingerprint density at radius 3 is 2.48 bits per heavy atom. The number of alkyl halides is 3. The summed E-state index contributed by atoms with van der Waals surface area (Å²) in [6, 6.07) is 0. The second kappa shape index (κ2) is 8.64. The van der Waals surface area contributed by atoms with Crippen LogP contribution in [0.1, 0.15) is 60.3 Å². The van der Waals surface area contributed by atoms with Crippen LogP contribution in [0.25, 0.3) is 0 Å². The molecule has 2 aliphatic carbocycles. The number of ketones is 2. The molecular formula is C24H35IO4. The van der Waals surface area contributed by atoms with Crippen molar-refractivity contribution in [2.45, 2.75) is 79.9 Å². The molecule has 4 nitrogen and oxygen atoms in total. The molecule has 5 unspecified atom stereocenters. The number of terminal acetylenes is 1. The number of fused-ring (bicyclic) bond motifs is 5. The normalized spacial score (nSPS) is 43.3. The number of hydrogen-bond donors (Lipinski definition) is 2. The van der Waals surface area contributed by atoms with Crippen LogP contribution in [0.4, 0.5) is 0 Å². The van der Waals surface area contributed by atoms with Crippen molar-refractivity contribution in [3.05, 3.63) is 23.8 Å². The molecule has 29 heavy (non-hydrogen) atoms. The van der Waals surface area contributed by atoms with Gasteiger partial charge in [-0.05, 0) is 0 Å². The Labute approximate surface area is 182 Å². The fourth-order valence-electron chi connectivity index (χ4n) is 5.91. The van der Waals surface area contributed by atoms with Crippen LogP contribution in [0, 0.1) is 23.7 Å². The molecule has 1 saturated carbocycles. The molecule has 4 aliphatic rings. The van der Waals surface area contributed by atoms with Crippen LogP contribution in [0.3, 0.4) is 0 Å². The molecule has 162 valence electrons. The topological polar surface area (TPSA) is 74.6 Å². The van der Waals surface area contributed by atoms with Crippen LogP contribution < -0.4 is 0 Å². The van der Waals surface area contributed by atoms with E-state index in [1.807, 2.05) is 26.8 Å². The zero-order valence-corrected chi connectivity index (χ0v) is 20.4. The Hall–Kier alpha value is -0.970. The van der Waals surface area contributed by atoms with E-state index in [0.29, 0.717) is 16.8 Å². The Morgan fingerprint density at radius 1 is 1.28 bits per heavy atom. The van der Waals surface area contributed by atoms with Gasteiger partial charge in [0.2, 0.25) is 0 Å². The van der Waals surface area contributed by atoms with E-state index in [1.165, 1.54) is 12.5 Å². The molecular weight excluding hydrogens is 479 g/mol. The summed E-state index contributed by atoms with van der Waals surface area (Å²) in [6.45, 7) is 9.71. The SMILES string of the molecule is C#C.CC.CC(=O)[C@@]1(O)CCC2I3CCC4=CC(=O)C=CC4(C)C3C(O)CC21C. The summed E-state index contributed by atoms with van der Waals surface area (Å²) in [6.07, 6.45) is 15.8. The monoisotopic (exact) mass is 514 g/mol. The van der Waals surface area contributed by atoms with Crippen molar-refractivity contribution >= 4 is 31.4 Å². The van der Waals surface area contributed by atoms with Crippen LogP contribution in [0.2, 0.25) is 0 Å². The van der Waals surface area contributed by atoms with Crippen LogP contribution in [-0.2, 0) is 9.59 Å². The Balaban J connectivity index is 0.000000707. The molecule has 4 rings (SSSR count). The first kappa shape index (κ1) is 24.3. The van der Waals surface area contributed by atoms with Gasteiger partial charge < -0.3 is 0 Å². The molecule has 0 spiro atoms. The first-order valence-corrected chi connectivity index (χ1v) is 14.5. The maximum atomic E-state index is 12.2. The maximum absolute atomic E-state index is 12.2. The van der Waals surface area contributed by atoms with Crippen molar-refractivity contribution in [1.82, 2.24) is 0 Å². The summed E-state index contributed by atoms with van der Waals surface area (Å²) in [7, 11) is 0. The first-order chi connectivity index (χ1) is 13.6. The number of carbonyl (C=O) groups excluding carboxylic acids is 2. The van der Waals surface area contributed by atoms with Crippen molar-refractivity contribution in [2.75, 3.05) is 4.43 Å². The van der Waals surface area contributed by atoms with Crippen LogP contribution >= 0.6 is 19.8 Å². The molecule has 0 aromatic carbocycles. The van der Waals surface area contributed by atoms with Gasteiger partial charge in [-0.15, -0.1) is 12.8 Å². The third-order valence-electron chi connectivity index (χ3n) is 7.35. The number of allylic oxidation sites excluding steroid dienone is 4. The summed E-state index contributed by atoms with van der Waals surface area (Å²) in [4.78, 5) is 24.1. The van der Waals surface area contributed by atoms with Crippen molar-refractivity contribution in [1.29, 1.82) is 0 Å². The second-order valence-corrected chi connectivity index (χ2v) is 15.0. The van der Waals surface area contributed by atoms with E-state index in [0.717, 1.165) is 17.3 Å². The zero-order chi connectivity index (χ0) is 22.2. The van der Waals surface area contributed by atoms with Crippen molar-refractivity contribution < 1.29 is 19.8 Å². The van der Waals surface area contributed by atoms with Gasteiger partial charge in [0.05, 0.1) is 0 Å². The predicted molar refractivity (Wildman–Crippen MR) is 126 cm³/mol. The molecule has 6 atom stereocenters. The second-order valence-electron chi connectivity index (χ2n) is 8.57.